The minimum Gasteiger partial charge on any atom is -0.358 e. The molecule has 3 heteroatoms. The predicted molar refractivity (Wildman–Crippen MR) is 38.5 cm³/mol. The van der Waals surface area contributed by atoms with Crippen molar-refractivity contribution < 1.29 is 9.59 Å². The van der Waals surface area contributed by atoms with Crippen LogP contribution in [-0.4, -0.2) is 18.7 Å². The molecule has 1 atom stereocenters. The molecule has 0 saturated carbocycles. The number of ketones is 1. The standard InChI is InChI=1S/C7H13NO2/c1-3-7(6(2)10)4-8-5-9/h5,7H,3-4H2,1-2H3,(H,8,9). The van der Waals surface area contributed by atoms with E-state index < -0.39 is 0 Å². The highest BCUT2D eigenvalue weighted by molar-refractivity contribution is 5.78. The Morgan fingerprint density at radius 2 is 2.30 bits per heavy atom. The van der Waals surface area contributed by atoms with Crippen molar-refractivity contribution in [1.29, 1.82) is 0 Å². The van der Waals surface area contributed by atoms with E-state index in [1.54, 1.807) is 6.92 Å². The molecule has 0 aromatic rings. The monoisotopic (exact) mass is 143 g/mol. The molecule has 0 aliphatic heterocycles. The minimum absolute atomic E-state index is 0.00907. The van der Waals surface area contributed by atoms with Crippen LogP contribution in [0.3, 0.4) is 0 Å². The van der Waals surface area contributed by atoms with Crippen LogP contribution >= 0.6 is 0 Å². The lowest BCUT2D eigenvalue weighted by molar-refractivity contribution is -0.120. The Hall–Kier alpha value is -0.860. The van der Waals surface area contributed by atoms with Gasteiger partial charge >= 0.3 is 0 Å². The second-order valence-corrected chi connectivity index (χ2v) is 2.24. The minimum atomic E-state index is -0.00907. The van der Waals surface area contributed by atoms with E-state index in [0.29, 0.717) is 13.0 Å². The summed E-state index contributed by atoms with van der Waals surface area (Å²) in [4.78, 5) is 20.6. The van der Waals surface area contributed by atoms with Gasteiger partial charge in [0.2, 0.25) is 6.41 Å². The molecule has 0 bridgehead atoms. The average molecular weight is 143 g/mol. The smallest absolute Gasteiger partial charge is 0.207 e. The fourth-order valence-electron chi connectivity index (χ4n) is 0.766. The van der Waals surface area contributed by atoms with Gasteiger partial charge in [-0.05, 0) is 13.3 Å². The molecule has 0 aromatic heterocycles. The van der Waals surface area contributed by atoms with Gasteiger partial charge in [-0.1, -0.05) is 6.92 Å². The lowest BCUT2D eigenvalue weighted by Crippen LogP contribution is -2.25. The predicted octanol–water partition coefficient (Wildman–Crippen LogP) is 0.348. The van der Waals surface area contributed by atoms with Gasteiger partial charge in [-0.3, -0.25) is 9.59 Å². The summed E-state index contributed by atoms with van der Waals surface area (Å²) in [5.41, 5.74) is 0. The summed E-state index contributed by atoms with van der Waals surface area (Å²) in [5, 5.41) is 2.48. The van der Waals surface area contributed by atoms with Gasteiger partial charge < -0.3 is 5.32 Å². The molecule has 1 amide bonds. The highest BCUT2D eigenvalue weighted by Gasteiger charge is 2.09. The quantitative estimate of drug-likeness (QED) is 0.564. The molecular weight excluding hydrogens is 130 g/mol. The van der Waals surface area contributed by atoms with E-state index in [0.717, 1.165) is 6.42 Å². The van der Waals surface area contributed by atoms with Crippen LogP contribution in [0, 0.1) is 5.92 Å². The van der Waals surface area contributed by atoms with Crippen LogP contribution in [0.4, 0.5) is 0 Å². The summed E-state index contributed by atoms with van der Waals surface area (Å²) in [7, 11) is 0. The first kappa shape index (κ1) is 9.14. The van der Waals surface area contributed by atoms with Crippen molar-refractivity contribution in [2.75, 3.05) is 6.54 Å². The van der Waals surface area contributed by atoms with Crippen LogP contribution in [0.2, 0.25) is 0 Å². The van der Waals surface area contributed by atoms with Gasteiger partial charge in [0, 0.05) is 12.5 Å². The molecule has 10 heavy (non-hydrogen) atoms. The Bertz CT molecular complexity index is 123. The summed E-state index contributed by atoms with van der Waals surface area (Å²) in [6, 6.07) is 0. The first-order valence-electron chi connectivity index (χ1n) is 3.39. The van der Waals surface area contributed by atoms with E-state index in [9.17, 15) is 9.59 Å². The van der Waals surface area contributed by atoms with Gasteiger partial charge in [0.1, 0.15) is 5.78 Å². The zero-order valence-electron chi connectivity index (χ0n) is 6.39. The molecule has 0 spiro atoms. The largest absolute Gasteiger partial charge is 0.358 e. The van der Waals surface area contributed by atoms with Crippen LogP contribution in [0.1, 0.15) is 20.3 Å². The topological polar surface area (TPSA) is 46.2 Å². The van der Waals surface area contributed by atoms with Crippen LogP contribution in [-0.2, 0) is 9.59 Å². The Morgan fingerprint density at radius 3 is 2.60 bits per heavy atom. The zero-order chi connectivity index (χ0) is 7.98. The van der Waals surface area contributed by atoms with E-state index in [1.807, 2.05) is 6.92 Å². The SMILES string of the molecule is CCC(CNC=O)C(C)=O. The molecule has 0 saturated heterocycles. The van der Waals surface area contributed by atoms with Crippen LogP contribution in [0.5, 0.6) is 0 Å². The normalized spacial score (nSPS) is 12.2. The van der Waals surface area contributed by atoms with Gasteiger partial charge in [-0.15, -0.1) is 0 Å². The maximum atomic E-state index is 10.7. The molecule has 0 rings (SSSR count). The van der Waals surface area contributed by atoms with Crippen LogP contribution in [0.25, 0.3) is 0 Å². The molecule has 0 heterocycles. The second-order valence-electron chi connectivity index (χ2n) is 2.24. The summed E-state index contributed by atoms with van der Waals surface area (Å²) in [6.45, 7) is 3.94. The molecule has 0 radical (unpaired) electrons. The van der Waals surface area contributed by atoms with Gasteiger partial charge in [-0.2, -0.15) is 0 Å². The lowest BCUT2D eigenvalue weighted by atomic mass is 10.0. The number of carbonyl (C=O) groups is 2. The summed E-state index contributed by atoms with van der Waals surface area (Å²) >= 11 is 0. The highest BCUT2D eigenvalue weighted by atomic mass is 16.1. The molecule has 1 unspecified atom stereocenters. The van der Waals surface area contributed by atoms with Crippen molar-refractivity contribution in [3.63, 3.8) is 0 Å². The maximum absolute atomic E-state index is 10.7. The van der Waals surface area contributed by atoms with E-state index in [2.05, 4.69) is 5.32 Å². The lowest BCUT2D eigenvalue weighted by Gasteiger charge is -2.08. The highest BCUT2D eigenvalue weighted by Crippen LogP contribution is 2.00. The Labute approximate surface area is 60.8 Å². The summed E-state index contributed by atoms with van der Waals surface area (Å²) < 4.78 is 0. The molecule has 0 aliphatic rings. The molecule has 0 aromatic carbocycles. The van der Waals surface area contributed by atoms with E-state index >= 15 is 0 Å². The second kappa shape index (κ2) is 4.97. The number of hydrogen-bond donors (Lipinski definition) is 1. The van der Waals surface area contributed by atoms with Crippen LogP contribution in [0.15, 0.2) is 0 Å². The first-order valence-corrected chi connectivity index (χ1v) is 3.39. The fraction of sp³-hybridized carbons (Fsp3) is 0.714. The van der Waals surface area contributed by atoms with Gasteiger partial charge in [-0.25, -0.2) is 0 Å². The average Bonchev–Trinajstić information content (AvgIpc) is 1.89. The van der Waals surface area contributed by atoms with Crippen molar-refractivity contribution in [2.45, 2.75) is 20.3 Å². The zero-order valence-corrected chi connectivity index (χ0v) is 6.39. The number of hydrogen-bond acceptors (Lipinski definition) is 2. The molecule has 3 nitrogen and oxygen atoms in total. The third-order valence-corrected chi connectivity index (χ3v) is 1.52. The number of nitrogens with one attached hydrogen (secondary N) is 1. The third-order valence-electron chi connectivity index (χ3n) is 1.52. The first-order chi connectivity index (χ1) is 4.72. The van der Waals surface area contributed by atoms with Gasteiger partial charge in [0.25, 0.3) is 0 Å². The number of carbonyl (C=O) groups excluding carboxylic acids is 2. The summed E-state index contributed by atoms with van der Waals surface area (Å²) in [5.74, 6) is 0.127. The van der Waals surface area contributed by atoms with Crippen molar-refractivity contribution >= 4 is 12.2 Å². The maximum Gasteiger partial charge on any atom is 0.207 e. The molecule has 0 fully saturated rings. The van der Waals surface area contributed by atoms with Gasteiger partial charge in [0.05, 0.1) is 0 Å². The summed E-state index contributed by atoms with van der Waals surface area (Å²) in [6.07, 6.45) is 1.40. The van der Waals surface area contributed by atoms with Crippen molar-refractivity contribution in [3.05, 3.63) is 0 Å². The number of rotatable bonds is 5. The number of Topliss-reactive ketones (excluding diaryl/α,β-unsaturated/α-hetero) is 1. The molecule has 0 aliphatic carbocycles. The van der Waals surface area contributed by atoms with Crippen molar-refractivity contribution in [1.82, 2.24) is 5.32 Å². The molecular formula is C7H13NO2. The van der Waals surface area contributed by atoms with E-state index in [1.165, 1.54) is 0 Å². The van der Waals surface area contributed by atoms with Crippen LogP contribution < -0.4 is 5.32 Å². The van der Waals surface area contributed by atoms with E-state index in [-0.39, 0.29) is 11.7 Å². The van der Waals surface area contributed by atoms with Gasteiger partial charge in [0.15, 0.2) is 0 Å². The Kier molecular flexibility index (Phi) is 4.54. The van der Waals surface area contributed by atoms with Crippen molar-refractivity contribution in [3.8, 4) is 0 Å². The van der Waals surface area contributed by atoms with E-state index in [4.69, 9.17) is 0 Å². The number of amides is 1. The molecule has 1 N–H and O–H groups in total. The third kappa shape index (κ3) is 3.22. The van der Waals surface area contributed by atoms with Crippen molar-refractivity contribution in [2.24, 2.45) is 5.92 Å². The Morgan fingerprint density at radius 1 is 1.70 bits per heavy atom. The Balaban J connectivity index is 3.60. The molecule has 58 valence electrons. The fourth-order valence-corrected chi connectivity index (χ4v) is 0.766.